The third-order valence-corrected chi connectivity index (χ3v) is 6.21. The molecule has 0 saturated heterocycles. The van der Waals surface area contributed by atoms with Crippen LogP contribution in [0.25, 0.3) is 0 Å². The van der Waals surface area contributed by atoms with Gasteiger partial charge in [-0.3, -0.25) is 9.78 Å². The lowest BCUT2D eigenvalue weighted by Crippen LogP contribution is -2.31. The average molecular weight is 506 g/mol. The number of carbonyl (C=O) groups is 1. The molecule has 9 heteroatoms. The Bertz CT molecular complexity index is 1310. The summed E-state index contributed by atoms with van der Waals surface area (Å²) < 4.78 is 11.6. The van der Waals surface area contributed by atoms with Gasteiger partial charge in [0.1, 0.15) is 18.1 Å². The van der Waals surface area contributed by atoms with Gasteiger partial charge in [-0.1, -0.05) is 17.7 Å². The van der Waals surface area contributed by atoms with E-state index in [4.69, 9.17) is 21.1 Å². The van der Waals surface area contributed by atoms with Gasteiger partial charge in [0.15, 0.2) is 0 Å². The highest BCUT2D eigenvalue weighted by molar-refractivity contribution is 6.32. The van der Waals surface area contributed by atoms with Crippen molar-refractivity contribution >= 4 is 34.6 Å². The van der Waals surface area contributed by atoms with E-state index in [9.17, 15) is 10.1 Å². The number of rotatable bonds is 8. The Labute approximate surface area is 215 Å². The molecule has 0 bridgehead atoms. The van der Waals surface area contributed by atoms with Crippen molar-refractivity contribution in [3.8, 4) is 17.6 Å². The number of fused-ring (bicyclic) bond motifs is 1. The molecule has 2 aromatic carbocycles. The molecule has 8 nitrogen and oxygen atoms in total. The van der Waals surface area contributed by atoms with Crippen LogP contribution in [0.15, 0.2) is 48.7 Å². The molecule has 186 valence electrons. The molecule has 1 aromatic heterocycles. The summed E-state index contributed by atoms with van der Waals surface area (Å²) in [6.07, 6.45) is 1.73. The van der Waals surface area contributed by atoms with Crippen molar-refractivity contribution in [1.29, 1.82) is 5.26 Å². The first kappa shape index (κ1) is 25.1. The molecule has 3 aromatic rings. The summed E-state index contributed by atoms with van der Waals surface area (Å²) >= 11 is 6.53. The standard InChI is InChI=1S/C27H28ClN5O3/c1-4-35-26-12-22-20(11-23(26)32-17(3)34)27(18(13-29)14-31-22)33-19-7-8-25(21(28)10-19)36-15-24-16(2)6-5-9-30-24/h5-12,18,27,31,33H,4,14-15H2,1-3H3,(H,32,34). The molecule has 0 aliphatic carbocycles. The molecule has 3 N–H and O–H groups in total. The number of pyridine rings is 1. The molecule has 2 heterocycles. The first-order valence-electron chi connectivity index (χ1n) is 11.7. The summed E-state index contributed by atoms with van der Waals surface area (Å²) in [6.45, 7) is 6.55. The van der Waals surface area contributed by atoms with Crippen LogP contribution >= 0.6 is 11.6 Å². The van der Waals surface area contributed by atoms with Crippen molar-refractivity contribution in [1.82, 2.24) is 4.98 Å². The lowest BCUT2D eigenvalue weighted by atomic mass is 9.88. The van der Waals surface area contributed by atoms with E-state index in [1.807, 2.05) is 44.2 Å². The van der Waals surface area contributed by atoms with Crippen LogP contribution in [0.5, 0.6) is 11.5 Å². The largest absolute Gasteiger partial charge is 0.492 e. The molecule has 1 amide bonds. The Morgan fingerprint density at radius 1 is 1.25 bits per heavy atom. The van der Waals surface area contributed by atoms with Crippen LogP contribution in [0.2, 0.25) is 5.02 Å². The predicted octanol–water partition coefficient (Wildman–Crippen LogP) is 5.70. The second kappa shape index (κ2) is 11.2. The second-order valence-electron chi connectivity index (χ2n) is 8.49. The van der Waals surface area contributed by atoms with Gasteiger partial charge in [-0.2, -0.15) is 5.26 Å². The smallest absolute Gasteiger partial charge is 0.221 e. The van der Waals surface area contributed by atoms with E-state index in [1.54, 1.807) is 18.3 Å². The van der Waals surface area contributed by atoms with Gasteiger partial charge >= 0.3 is 0 Å². The van der Waals surface area contributed by atoms with Crippen LogP contribution in [-0.2, 0) is 11.4 Å². The zero-order chi connectivity index (χ0) is 25.7. The van der Waals surface area contributed by atoms with Gasteiger partial charge < -0.3 is 25.4 Å². The number of hydrogen-bond donors (Lipinski definition) is 3. The van der Waals surface area contributed by atoms with Crippen LogP contribution in [-0.4, -0.2) is 24.0 Å². The highest BCUT2D eigenvalue weighted by Crippen LogP contribution is 2.42. The van der Waals surface area contributed by atoms with Gasteiger partial charge in [-0.15, -0.1) is 0 Å². The number of benzene rings is 2. The zero-order valence-electron chi connectivity index (χ0n) is 20.4. The molecule has 0 saturated carbocycles. The van der Waals surface area contributed by atoms with Crippen LogP contribution < -0.4 is 25.4 Å². The minimum atomic E-state index is -0.359. The van der Waals surface area contributed by atoms with Gasteiger partial charge in [-0.25, -0.2) is 0 Å². The summed E-state index contributed by atoms with van der Waals surface area (Å²) in [6, 6.07) is 15.1. The quantitative estimate of drug-likeness (QED) is 0.360. The molecule has 4 rings (SSSR count). The molecule has 1 aliphatic rings. The minimum Gasteiger partial charge on any atom is -0.492 e. The van der Waals surface area contributed by atoms with E-state index >= 15 is 0 Å². The lowest BCUT2D eigenvalue weighted by Gasteiger charge is -2.33. The first-order chi connectivity index (χ1) is 17.4. The molecule has 1 aliphatic heterocycles. The number of halogens is 1. The Kier molecular flexibility index (Phi) is 7.81. The molecule has 0 spiro atoms. The monoisotopic (exact) mass is 505 g/mol. The fraction of sp³-hybridized carbons (Fsp3) is 0.296. The third kappa shape index (κ3) is 5.64. The lowest BCUT2D eigenvalue weighted by molar-refractivity contribution is -0.114. The SMILES string of the molecule is CCOc1cc2c(cc1NC(C)=O)C(Nc1ccc(OCc3ncccc3C)c(Cl)c1)C(C#N)CN2. The summed E-state index contributed by atoms with van der Waals surface area (Å²) in [5, 5.41) is 19.9. The maximum Gasteiger partial charge on any atom is 0.221 e. The van der Waals surface area contributed by atoms with E-state index < -0.39 is 0 Å². The summed E-state index contributed by atoms with van der Waals surface area (Å²) in [7, 11) is 0. The van der Waals surface area contributed by atoms with E-state index in [2.05, 4.69) is 27.0 Å². The second-order valence-corrected chi connectivity index (χ2v) is 8.90. The highest BCUT2D eigenvalue weighted by atomic mass is 35.5. The summed E-state index contributed by atoms with van der Waals surface area (Å²) in [5.74, 6) is 0.552. The molecule has 36 heavy (non-hydrogen) atoms. The van der Waals surface area contributed by atoms with Crippen molar-refractivity contribution < 1.29 is 14.3 Å². The Hall–Kier alpha value is -3.96. The van der Waals surface area contributed by atoms with E-state index in [1.165, 1.54) is 6.92 Å². The minimum absolute atomic E-state index is 0.204. The van der Waals surface area contributed by atoms with Crippen molar-refractivity contribution in [2.75, 3.05) is 29.1 Å². The van der Waals surface area contributed by atoms with Crippen molar-refractivity contribution in [2.45, 2.75) is 33.4 Å². The van der Waals surface area contributed by atoms with Gasteiger partial charge in [0, 0.05) is 42.7 Å². The predicted molar refractivity (Wildman–Crippen MR) is 141 cm³/mol. The van der Waals surface area contributed by atoms with Gasteiger partial charge in [-0.05, 0) is 49.7 Å². The number of amides is 1. The van der Waals surface area contributed by atoms with Gasteiger partial charge in [0.05, 0.1) is 41.0 Å². The van der Waals surface area contributed by atoms with Crippen molar-refractivity contribution in [3.05, 3.63) is 70.5 Å². The molecule has 0 radical (unpaired) electrons. The van der Waals surface area contributed by atoms with Gasteiger partial charge in [0.2, 0.25) is 5.91 Å². The number of aromatic nitrogens is 1. The van der Waals surface area contributed by atoms with Crippen LogP contribution in [0, 0.1) is 24.2 Å². The third-order valence-electron chi connectivity index (χ3n) is 5.91. The highest BCUT2D eigenvalue weighted by Gasteiger charge is 2.31. The maximum atomic E-state index is 11.8. The van der Waals surface area contributed by atoms with Crippen molar-refractivity contribution in [2.24, 2.45) is 5.92 Å². The molecule has 2 unspecified atom stereocenters. The zero-order valence-corrected chi connectivity index (χ0v) is 21.1. The molecular formula is C27H28ClN5O3. The first-order valence-corrected chi connectivity index (χ1v) is 12.1. The van der Waals surface area contributed by atoms with Crippen LogP contribution in [0.3, 0.4) is 0 Å². The molecule has 0 fully saturated rings. The average Bonchev–Trinajstić information content (AvgIpc) is 2.85. The van der Waals surface area contributed by atoms with Crippen LogP contribution in [0.4, 0.5) is 17.1 Å². The Balaban J connectivity index is 1.59. The van der Waals surface area contributed by atoms with E-state index in [0.717, 1.165) is 28.2 Å². The van der Waals surface area contributed by atoms with Gasteiger partial charge in [0.25, 0.3) is 0 Å². The number of anilines is 3. The van der Waals surface area contributed by atoms with E-state index in [0.29, 0.717) is 42.0 Å². The summed E-state index contributed by atoms with van der Waals surface area (Å²) in [4.78, 5) is 16.1. The number of carbonyl (C=O) groups excluding carboxylic acids is 1. The van der Waals surface area contributed by atoms with E-state index in [-0.39, 0.29) is 17.9 Å². The topological polar surface area (TPSA) is 108 Å². The normalized spacial score (nSPS) is 16.2. The van der Waals surface area contributed by atoms with Crippen molar-refractivity contribution in [3.63, 3.8) is 0 Å². The molecule has 2 atom stereocenters. The maximum absolute atomic E-state index is 11.8. The number of aryl methyl sites for hydroxylation is 1. The number of nitriles is 1. The Morgan fingerprint density at radius 2 is 2.08 bits per heavy atom. The number of ether oxygens (including phenoxy) is 2. The number of hydrogen-bond acceptors (Lipinski definition) is 7. The fourth-order valence-electron chi connectivity index (χ4n) is 4.13. The Morgan fingerprint density at radius 3 is 2.78 bits per heavy atom. The number of nitrogens with zero attached hydrogens (tertiary/aromatic N) is 2. The van der Waals surface area contributed by atoms with Crippen LogP contribution in [0.1, 0.15) is 36.7 Å². The summed E-state index contributed by atoms with van der Waals surface area (Å²) in [5.41, 5.74) is 4.89. The fourth-order valence-corrected chi connectivity index (χ4v) is 4.36. The number of nitrogens with one attached hydrogen (secondary N) is 3. The molecular weight excluding hydrogens is 478 g/mol.